The second kappa shape index (κ2) is 11.1. The maximum atomic E-state index is 13.0. The van der Waals surface area contributed by atoms with Crippen molar-refractivity contribution in [3.05, 3.63) is 21.0 Å². The van der Waals surface area contributed by atoms with Gasteiger partial charge in [-0.1, -0.05) is 0 Å². The van der Waals surface area contributed by atoms with Gasteiger partial charge in [-0.05, 0) is 35.7 Å². The lowest BCUT2D eigenvalue weighted by Crippen LogP contribution is -2.64. The Labute approximate surface area is 209 Å². The molecule has 2 atom stereocenters. The largest absolute Gasteiger partial charge is 0.394 e. The van der Waals surface area contributed by atoms with Gasteiger partial charge in [0.1, 0.15) is 16.9 Å². The fraction of sp³-hybridized carbons (Fsp3) is 0.762. The molecule has 1 aromatic rings. The van der Waals surface area contributed by atoms with Gasteiger partial charge in [0.2, 0.25) is 0 Å². The normalized spacial score (nSPS) is 27.9. The zero-order valence-corrected chi connectivity index (χ0v) is 21.0. The fourth-order valence-corrected chi connectivity index (χ4v) is 5.15. The van der Waals surface area contributed by atoms with Crippen LogP contribution in [0, 0.1) is 5.92 Å². The predicted molar refractivity (Wildman–Crippen MR) is 126 cm³/mol. The van der Waals surface area contributed by atoms with Crippen molar-refractivity contribution < 1.29 is 22.7 Å². The minimum absolute atomic E-state index is 0.0170. The maximum Gasteiger partial charge on any atom is 0.394 e. The molecule has 0 aliphatic carbocycles. The topological polar surface area (TPSA) is 115 Å². The van der Waals surface area contributed by atoms with Crippen LogP contribution in [0.15, 0.2) is 15.5 Å². The average Bonchev–Trinajstić information content (AvgIpc) is 3.20. The number of aromatic nitrogens is 2. The van der Waals surface area contributed by atoms with E-state index in [-0.39, 0.29) is 42.9 Å². The first-order valence-electron chi connectivity index (χ1n) is 11.8. The number of nitrogens with zero attached hydrogens (tertiary/aromatic N) is 3. The minimum atomic E-state index is -4.20. The highest BCUT2D eigenvalue weighted by Gasteiger charge is 2.43. The number of carbonyl (C=O) groups excluding carboxylic acids is 1. The van der Waals surface area contributed by atoms with Crippen LogP contribution in [-0.2, 0) is 9.53 Å². The Morgan fingerprint density at radius 3 is 2.54 bits per heavy atom. The molecule has 0 unspecified atom stereocenters. The van der Waals surface area contributed by atoms with E-state index < -0.39 is 18.2 Å². The number of aromatic amines is 1. The van der Waals surface area contributed by atoms with Gasteiger partial charge in [0.25, 0.3) is 11.5 Å². The second-order valence-corrected chi connectivity index (χ2v) is 10.1. The van der Waals surface area contributed by atoms with Crippen LogP contribution in [0.3, 0.4) is 0 Å². The van der Waals surface area contributed by atoms with E-state index >= 15 is 0 Å². The third-order valence-electron chi connectivity index (χ3n) is 6.82. The Hall–Kier alpha value is -1.74. The number of piperidine rings is 1. The van der Waals surface area contributed by atoms with Gasteiger partial charge in [-0.2, -0.15) is 18.3 Å². The molecule has 35 heavy (non-hydrogen) atoms. The van der Waals surface area contributed by atoms with Crippen molar-refractivity contribution in [2.75, 3.05) is 44.6 Å². The monoisotopic (exact) mass is 565 g/mol. The average molecular weight is 566 g/mol. The summed E-state index contributed by atoms with van der Waals surface area (Å²) < 4.78 is 44.9. The Morgan fingerprint density at radius 1 is 1.20 bits per heavy atom. The molecule has 0 aromatic carbocycles. The first-order valence-corrected chi connectivity index (χ1v) is 12.6. The fourth-order valence-electron chi connectivity index (χ4n) is 4.84. The third-order valence-corrected chi connectivity index (χ3v) is 7.61. The molecule has 3 fully saturated rings. The van der Waals surface area contributed by atoms with E-state index in [4.69, 9.17) is 4.74 Å². The zero-order chi connectivity index (χ0) is 25.2. The molecular weight excluding hydrogens is 535 g/mol. The number of ether oxygens (including phenoxy) is 1. The van der Waals surface area contributed by atoms with Crippen molar-refractivity contribution in [3.8, 4) is 0 Å². The standard InChI is InChI=1S/C21H31BrF3N7O3/c1-12(29-15-10-28-30-18(33)17(15)22)11-35-16-4-7-32(19(16)34)14-2-5-31(6-3-14)20-26-8-13(9-27-20)21(23,24)25/h10,12-14,16,20,26-27H,2-9,11H2,1H3,(H2,29,30,33)/t12-,13?,16+,20?/m0/s1. The van der Waals surface area contributed by atoms with Gasteiger partial charge in [-0.3, -0.25) is 25.1 Å². The van der Waals surface area contributed by atoms with Crippen LogP contribution in [0.5, 0.6) is 0 Å². The highest BCUT2D eigenvalue weighted by Crippen LogP contribution is 2.28. The Morgan fingerprint density at radius 2 is 1.89 bits per heavy atom. The van der Waals surface area contributed by atoms with Crippen LogP contribution in [0.25, 0.3) is 0 Å². The zero-order valence-electron chi connectivity index (χ0n) is 19.4. The predicted octanol–water partition coefficient (Wildman–Crippen LogP) is 1.07. The lowest BCUT2D eigenvalue weighted by Gasteiger charge is -2.43. The van der Waals surface area contributed by atoms with E-state index in [2.05, 4.69) is 47.0 Å². The van der Waals surface area contributed by atoms with Crippen molar-refractivity contribution in [3.63, 3.8) is 0 Å². The highest BCUT2D eigenvalue weighted by molar-refractivity contribution is 9.10. The summed E-state index contributed by atoms with van der Waals surface area (Å²) in [5, 5.41) is 15.2. The molecular formula is C21H31BrF3N7O3. The number of hydrogen-bond donors (Lipinski definition) is 4. The maximum absolute atomic E-state index is 13.0. The lowest BCUT2D eigenvalue weighted by atomic mass is 10.0. The molecule has 4 heterocycles. The molecule has 0 spiro atoms. The number of anilines is 1. The number of alkyl halides is 3. The molecule has 4 rings (SSSR count). The van der Waals surface area contributed by atoms with Crippen LogP contribution in [0.4, 0.5) is 18.9 Å². The smallest absolute Gasteiger partial charge is 0.378 e. The number of carbonyl (C=O) groups is 1. The Balaban J connectivity index is 1.19. The second-order valence-electron chi connectivity index (χ2n) is 9.34. The van der Waals surface area contributed by atoms with Crippen LogP contribution in [0.2, 0.25) is 0 Å². The number of H-pyrrole nitrogens is 1. The molecule has 10 nitrogen and oxygen atoms in total. The molecule has 4 N–H and O–H groups in total. The summed E-state index contributed by atoms with van der Waals surface area (Å²) in [4.78, 5) is 28.6. The Bertz CT molecular complexity index is 933. The molecule has 0 bridgehead atoms. The number of halogens is 4. The summed E-state index contributed by atoms with van der Waals surface area (Å²) >= 11 is 3.22. The first kappa shape index (κ1) is 26.3. The van der Waals surface area contributed by atoms with Crippen LogP contribution in [-0.4, -0.2) is 95.9 Å². The van der Waals surface area contributed by atoms with E-state index in [9.17, 15) is 22.8 Å². The van der Waals surface area contributed by atoms with Crippen LogP contribution < -0.4 is 21.5 Å². The van der Waals surface area contributed by atoms with Gasteiger partial charge in [-0.15, -0.1) is 0 Å². The number of hydrogen-bond acceptors (Lipinski definition) is 8. The van der Waals surface area contributed by atoms with E-state index in [1.165, 1.54) is 6.20 Å². The van der Waals surface area contributed by atoms with Gasteiger partial charge in [0.15, 0.2) is 0 Å². The number of amides is 1. The minimum Gasteiger partial charge on any atom is -0.378 e. The number of nitrogens with one attached hydrogen (secondary N) is 4. The van der Waals surface area contributed by atoms with Gasteiger partial charge in [0, 0.05) is 51.2 Å². The van der Waals surface area contributed by atoms with Crippen LogP contribution >= 0.6 is 15.9 Å². The molecule has 0 radical (unpaired) electrons. The van der Waals surface area contributed by atoms with E-state index in [1.54, 1.807) is 0 Å². The molecule has 3 aliphatic rings. The molecule has 0 saturated carbocycles. The van der Waals surface area contributed by atoms with Crippen molar-refractivity contribution in [2.24, 2.45) is 5.92 Å². The Kier molecular flexibility index (Phi) is 8.36. The molecule has 3 saturated heterocycles. The summed E-state index contributed by atoms with van der Waals surface area (Å²) in [6.07, 6.45) is -1.32. The molecule has 3 aliphatic heterocycles. The molecule has 1 amide bonds. The van der Waals surface area contributed by atoms with Gasteiger partial charge in [0.05, 0.1) is 24.4 Å². The van der Waals surface area contributed by atoms with Crippen molar-refractivity contribution in [1.29, 1.82) is 0 Å². The third kappa shape index (κ3) is 6.34. The van der Waals surface area contributed by atoms with E-state index in [0.717, 1.165) is 12.8 Å². The summed E-state index contributed by atoms with van der Waals surface area (Å²) in [5.74, 6) is -1.39. The van der Waals surface area contributed by atoms with Crippen molar-refractivity contribution in [1.82, 2.24) is 30.6 Å². The SMILES string of the molecule is C[C@@H](CO[C@@H]1CCN(C2CCN(C3NCC(C(F)(F)F)CN3)CC2)C1=O)Nc1cn[nH]c(=O)c1Br. The van der Waals surface area contributed by atoms with E-state index in [0.29, 0.717) is 42.8 Å². The molecule has 14 heteroatoms. The van der Waals surface area contributed by atoms with Crippen LogP contribution in [0.1, 0.15) is 26.2 Å². The van der Waals surface area contributed by atoms with E-state index in [1.807, 2.05) is 11.8 Å². The molecule has 196 valence electrons. The van der Waals surface area contributed by atoms with Gasteiger partial charge >= 0.3 is 6.18 Å². The number of rotatable bonds is 7. The van der Waals surface area contributed by atoms with Gasteiger partial charge < -0.3 is 15.0 Å². The summed E-state index contributed by atoms with van der Waals surface area (Å²) in [7, 11) is 0. The highest BCUT2D eigenvalue weighted by atomic mass is 79.9. The van der Waals surface area contributed by atoms with Crippen molar-refractivity contribution >= 4 is 27.5 Å². The summed E-state index contributed by atoms with van der Waals surface area (Å²) in [5.41, 5.74) is 0.211. The first-order chi connectivity index (χ1) is 16.6. The summed E-state index contributed by atoms with van der Waals surface area (Å²) in [6, 6.07) is -0.0417. The summed E-state index contributed by atoms with van der Waals surface area (Å²) in [6.45, 7) is 4.03. The lowest BCUT2D eigenvalue weighted by molar-refractivity contribution is -0.179. The van der Waals surface area contributed by atoms with Crippen molar-refractivity contribution in [2.45, 2.75) is 56.8 Å². The van der Waals surface area contributed by atoms with Gasteiger partial charge in [-0.25, -0.2) is 5.10 Å². The quantitative estimate of drug-likeness (QED) is 0.388. The number of likely N-dealkylation sites (tertiary alicyclic amines) is 2. The molecule has 1 aromatic heterocycles.